The zero-order chi connectivity index (χ0) is 19.5. The van der Waals surface area contributed by atoms with Crippen molar-refractivity contribution in [2.24, 2.45) is 0 Å². The van der Waals surface area contributed by atoms with Crippen LogP contribution in [0.5, 0.6) is 0 Å². The Morgan fingerprint density at radius 1 is 1.18 bits per heavy atom. The number of tetrazole rings is 1. The molecule has 0 radical (unpaired) electrons. The summed E-state index contributed by atoms with van der Waals surface area (Å²) in [6.45, 7) is 0.664. The molecule has 1 saturated heterocycles. The van der Waals surface area contributed by atoms with E-state index in [2.05, 4.69) is 20.8 Å². The SMILES string of the molecule is O=C(Nc1cccc(-n2cnnn2)c1)C1CCCN1Cc1c(F)cccc1F. The fraction of sp³-hybridized carbons (Fsp3) is 0.263. The first-order chi connectivity index (χ1) is 13.6. The lowest BCUT2D eigenvalue weighted by Crippen LogP contribution is -2.39. The molecule has 0 bridgehead atoms. The van der Waals surface area contributed by atoms with Gasteiger partial charge in [0, 0.05) is 17.8 Å². The van der Waals surface area contributed by atoms with Crippen molar-refractivity contribution in [1.82, 2.24) is 25.1 Å². The van der Waals surface area contributed by atoms with Crippen molar-refractivity contribution in [2.75, 3.05) is 11.9 Å². The number of nitrogens with one attached hydrogen (secondary N) is 1. The Morgan fingerprint density at radius 2 is 1.96 bits per heavy atom. The van der Waals surface area contributed by atoms with E-state index in [1.807, 2.05) is 11.0 Å². The molecule has 1 fully saturated rings. The van der Waals surface area contributed by atoms with Crippen LogP contribution < -0.4 is 5.32 Å². The highest BCUT2D eigenvalue weighted by Crippen LogP contribution is 2.24. The van der Waals surface area contributed by atoms with Crippen LogP contribution in [0.15, 0.2) is 48.8 Å². The number of rotatable bonds is 5. The van der Waals surface area contributed by atoms with Gasteiger partial charge < -0.3 is 5.32 Å². The summed E-state index contributed by atoms with van der Waals surface area (Å²) >= 11 is 0. The molecule has 3 aromatic rings. The van der Waals surface area contributed by atoms with Gasteiger partial charge in [-0.1, -0.05) is 12.1 Å². The Kier molecular flexibility index (Phi) is 5.07. The number of carbonyl (C=O) groups is 1. The van der Waals surface area contributed by atoms with Crippen molar-refractivity contribution in [3.63, 3.8) is 0 Å². The van der Waals surface area contributed by atoms with Gasteiger partial charge in [-0.25, -0.2) is 13.5 Å². The maximum Gasteiger partial charge on any atom is 0.241 e. The molecular weight excluding hydrogens is 366 g/mol. The number of halogens is 2. The molecule has 28 heavy (non-hydrogen) atoms. The quantitative estimate of drug-likeness (QED) is 0.732. The molecular formula is C19H18F2N6O. The first-order valence-corrected chi connectivity index (χ1v) is 8.93. The van der Waals surface area contributed by atoms with E-state index in [-0.39, 0.29) is 18.0 Å². The van der Waals surface area contributed by atoms with Gasteiger partial charge in [0.05, 0.1) is 11.7 Å². The van der Waals surface area contributed by atoms with E-state index >= 15 is 0 Å². The molecule has 1 aromatic heterocycles. The summed E-state index contributed by atoms with van der Waals surface area (Å²) in [6.07, 6.45) is 2.88. The summed E-state index contributed by atoms with van der Waals surface area (Å²) in [5.74, 6) is -1.40. The third kappa shape index (κ3) is 3.74. The Labute approximate surface area is 160 Å². The topological polar surface area (TPSA) is 75.9 Å². The highest BCUT2D eigenvalue weighted by molar-refractivity contribution is 5.95. The Balaban J connectivity index is 1.48. The maximum absolute atomic E-state index is 14.0. The molecule has 144 valence electrons. The van der Waals surface area contributed by atoms with Gasteiger partial charge in [-0.2, -0.15) is 0 Å². The minimum absolute atomic E-state index is 0.0112. The predicted molar refractivity (Wildman–Crippen MR) is 97.6 cm³/mol. The minimum atomic E-state index is -0.597. The molecule has 1 atom stereocenters. The highest BCUT2D eigenvalue weighted by atomic mass is 19.1. The number of carbonyl (C=O) groups excluding carboxylic acids is 1. The summed E-state index contributed by atoms with van der Waals surface area (Å²) in [5.41, 5.74) is 1.30. The lowest BCUT2D eigenvalue weighted by atomic mass is 10.1. The number of hydrogen-bond donors (Lipinski definition) is 1. The second kappa shape index (κ2) is 7.81. The summed E-state index contributed by atoms with van der Waals surface area (Å²) in [7, 11) is 0. The van der Waals surface area contributed by atoms with Crippen LogP contribution in [0.25, 0.3) is 5.69 Å². The van der Waals surface area contributed by atoms with Crippen LogP contribution in [0.2, 0.25) is 0 Å². The van der Waals surface area contributed by atoms with E-state index in [1.54, 1.807) is 18.2 Å². The summed E-state index contributed by atoms with van der Waals surface area (Å²) in [5, 5.41) is 13.9. The molecule has 1 N–H and O–H groups in total. The lowest BCUT2D eigenvalue weighted by molar-refractivity contribution is -0.120. The molecule has 1 aliphatic rings. The summed E-state index contributed by atoms with van der Waals surface area (Å²) in [6, 6.07) is 10.5. The molecule has 1 aliphatic heterocycles. The van der Waals surface area contributed by atoms with Crippen LogP contribution in [0, 0.1) is 11.6 Å². The fourth-order valence-corrected chi connectivity index (χ4v) is 3.43. The van der Waals surface area contributed by atoms with Crippen LogP contribution >= 0.6 is 0 Å². The van der Waals surface area contributed by atoms with Gasteiger partial charge in [-0.05, 0) is 60.1 Å². The minimum Gasteiger partial charge on any atom is -0.325 e. The molecule has 0 aliphatic carbocycles. The second-order valence-electron chi connectivity index (χ2n) is 6.62. The molecule has 1 unspecified atom stereocenters. The van der Waals surface area contributed by atoms with Gasteiger partial charge in [-0.3, -0.25) is 9.69 Å². The van der Waals surface area contributed by atoms with Gasteiger partial charge in [0.2, 0.25) is 5.91 Å². The lowest BCUT2D eigenvalue weighted by Gasteiger charge is -2.24. The van der Waals surface area contributed by atoms with Crippen molar-refractivity contribution in [3.05, 3.63) is 66.0 Å². The average molecular weight is 384 g/mol. The standard InChI is InChI=1S/C19H18F2N6O/c20-16-6-2-7-17(21)15(16)11-26-9-3-8-18(26)19(28)23-13-4-1-5-14(10-13)27-12-22-24-25-27/h1-2,4-7,10,12,18H,3,8-9,11H2,(H,23,28). The molecule has 2 heterocycles. The zero-order valence-electron chi connectivity index (χ0n) is 14.9. The highest BCUT2D eigenvalue weighted by Gasteiger charge is 2.31. The monoisotopic (exact) mass is 384 g/mol. The van der Waals surface area contributed by atoms with E-state index in [0.29, 0.717) is 24.3 Å². The number of hydrogen-bond acceptors (Lipinski definition) is 5. The van der Waals surface area contributed by atoms with Crippen LogP contribution in [-0.4, -0.2) is 43.6 Å². The average Bonchev–Trinajstić information content (AvgIpc) is 3.37. The molecule has 0 spiro atoms. The normalized spacial score (nSPS) is 17.0. The van der Waals surface area contributed by atoms with E-state index < -0.39 is 17.7 Å². The van der Waals surface area contributed by atoms with Gasteiger partial charge in [0.15, 0.2) is 0 Å². The second-order valence-corrected chi connectivity index (χ2v) is 6.62. The number of benzene rings is 2. The maximum atomic E-state index is 14.0. The summed E-state index contributed by atoms with van der Waals surface area (Å²) < 4.78 is 29.4. The Bertz CT molecular complexity index is 958. The third-order valence-electron chi connectivity index (χ3n) is 4.82. The van der Waals surface area contributed by atoms with Gasteiger partial charge in [0.1, 0.15) is 18.0 Å². The molecule has 0 saturated carbocycles. The Hall–Kier alpha value is -3.20. The van der Waals surface area contributed by atoms with Crippen LogP contribution in [0.3, 0.4) is 0 Å². The van der Waals surface area contributed by atoms with Gasteiger partial charge in [-0.15, -0.1) is 5.10 Å². The molecule has 7 nitrogen and oxygen atoms in total. The van der Waals surface area contributed by atoms with Crippen molar-refractivity contribution in [1.29, 1.82) is 0 Å². The number of nitrogens with zero attached hydrogens (tertiary/aromatic N) is 5. The van der Waals surface area contributed by atoms with Gasteiger partial charge in [0.25, 0.3) is 0 Å². The number of amides is 1. The van der Waals surface area contributed by atoms with Crippen molar-refractivity contribution in [3.8, 4) is 5.69 Å². The van der Waals surface area contributed by atoms with Crippen LogP contribution in [-0.2, 0) is 11.3 Å². The van der Waals surface area contributed by atoms with Crippen LogP contribution in [0.4, 0.5) is 14.5 Å². The van der Waals surface area contributed by atoms with E-state index in [4.69, 9.17) is 0 Å². The first kappa shape index (κ1) is 18.2. The van der Waals surface area contributed by atoms with Crippen molar-refractivity contribution < 1.29 is 13.6 Å². The van der Waals surface area contributed by atoms with Gasteiger partial charge >= 0.3 is 0 Å². The molecule has 9 heteroatoms. The molecule has 4 rings (SSSR count). The zero-order valence-corrected chi connectivity index (χ0v) is 14.9. The van der Waals surface area contributed by atoms with Crippen molar-refractivity contribution >= 4 is 11.6 Å². The molecule has 2 aromatic carbocycles. The number of anilines is 1. The first-order valence-electron chi connectivity index (χ1n) is 8.93. The third-order valence-corrected chi connectivity index (χ3v) is 4.82. The Morgan fingerprint density at radius 3 is 2.71 bits per heavy atom. The van der Waals surface area contributed by atoms with E-state index in [1.165, 1.54) is 29.2 Å². The van der Waals surface area contributed by atoms with Crippen molar-refractivity contribution in [2.45, 2.75) is 25.4 Å². The predicted octanol–water partition coefficient (Wildman–Crippen LogP) is 2.54. The number of likely N-dealkylation sites (tertiary alicyclic amines) is 1. The fourth-order valence-electron chi connectivity index (χ4n) is 3.43. The van der Waals surface area contributed by atoms with Crippen LogP contribution in [0.1, 0.15) is 18.4 Å². The molecule has 1 amide bonds. The largest absolute Gasteiger partial charge is 0.325 e. The van der Waals surface area contributed by atoms with E-state index in [0.717, 1.165) is 6.42 Å². The van der Waals surface area contributed by atoms with E-state index in [9.17, 15) is 13.6 Å². The summed E-state index contributed by atoms with van der Waals surface area (Å²) in [4.78, 5) is 14.6. The smallest absolute Gasteiger partial charge is 0.241 e. The number of aromatic nitrogens is 4.